The molecule has 0 radical (unpaired) electrons. The summed E-state index contributed by atoms with van der Waals surface area (Å²) in [6.07, 6.45) is 6.44. The van der Waals surface area contributed by atoms with Gasteiger partial charge in [0.25, 0.3) is 0 Å². The Balaban J connectivity index is 2.62. The van der Waals surface area contributed by atoms with Crippen LogP contribution in [-0.2, 0) is 15.6 Å². The summed E-state index contributed by atoms with van der Waals surface area (Å²) < 4.78 is 0. The van der Waals surface area contributed by atoms with E-state index in [1.165, 1.54) is 12.2 Å². The Morgan fingerprint density at radius 1 is 0.826 bits per heavy atom. The number of aromatic hydroxyl groups is 1. The molecule has 1 aliphatic carbocycles. The number of ketones is 1. The van der Waals surface area contributed by atoms with Crippen LogP contribution in [0.15, 0.2) is 41.4 Å². The molecular formula is C20H25NO2. The number of benzene rings is 1. The molecule has 0 heterocycles. The van der Waals surface area contributed by atoms with Crippen LogP contribution in [0.5, 0.6) is 5.75 Å². The second kappa shape index (κ2) is 5.80. The first kappa shape index (κ1) is 17.2. The summed E-state index contributed by atoms with van der Waals surface area (Å²) in [5.41, 5.74) is 2.91. The second-order valence-corrected chi connectivity index (χ2v) is 8.00. The van der Waals surface area contributed by atoms with Crippen LogP contribution in [0.3, 0.4) is 0 Å². The molecule has 0 fully saturated rings. The van der Waals surface area contributed by atoms with Crippen molar-refractivity contribution in [2.45, 2.75) is 52.4 Å². The highest BCUT2D eigenvalue weighted by atomic mass is 16.3. The fourth-order valence-corrected chi connectivity index (χ4v) is 2.50. The number of hydrogen-bond donors (Lipinski definition) is 1. The number of aliphatic imine (C=N–C) groups is 1. The van der Waals surface area contributed by atoms with Crippen molar-refractivity contribution in [2.24, 2.45) is 4.99 Å². The van der Waals surface area contributed by atoms with Gasteiger partial charge in [0.15, 0.2) is 5.78 Å². The Kier molecular flexibility index (Phi) is 4.34. The Morgan fingerprint density at radius 3 is 1.65 bits per heavy atom. The zero-order chi connectivity index (χ0) is 17.4. The molecule has 0 saturated heterocycles. The van der Waals surface area contributed by atoms with E-state index in [-0.39, 0.29) is 16.6 Å². The smallest absolute Gasteiger partial charge is 0.178 e. The van der Waals surface area contributed by atoms with Crippen molar-refractivity contribution in [2.75, 3.05) is 0 Å². The van der Waals surface area contributed by atoms with Gasteiger partial charge in [-0.05, 0) is 47.3 Å². The van der Waals surface area contributed by atoms with Crippen LogP contribution in [0.25, 0.3) is 0 Å². The van der Waals surface area contributed by atoms with E-state index in [1.54, 1.807) is 12.2 Å². The SMILES string of the molecule is CC(C)(C)c1cc(N=C2C=CC(=O)C=C2)cc(C(C)(C)C)c1O. The van der Waals surface area contributed by atoms with Crippen LogP contribution in [-0.4, -0.2) is 16.6 Å². The van der Waals surface area contributed by atoms with Crippen LogP contribution >= 0.6 is 0 Å². The fraction of sp³-hybridized carbons (Fsp3) is 0.400. The van der Waals surface area contributed by atoms with Crippen molar-refractivity contribution in [3.63, 3.8) is 0 Å². The first-order valence-corrected chi connectivity index (χ1v) is 7.85. The molecule has 0 atom stereocenters. The van der Waals surface area contributed by atoms with E-state index < -0.39 is 0 Å². The lowest BCUT2D eigenvalue weighted by molar-refractivity contribution is -0.110. The minimum Gasteiger partial charge on any atom is -0.507 e. The Labute approximate surface area is 138 Å². The summed E-state index contributed by atoms with van der Waals surface area (Å²) in [5, 5.41) is 10.7. The lowest BCUT2D eigenvalue weighted by atomic mass is 9.79. The molecule has 1 aliphatic rings. The number of phenolic OH excluding ortho intramolecular Hbond substituents is 1. The predicted molar refractivity (Wildman–Crippen MR) is 95.9 cm³/mol. The van der Waals surface area contributed by atoms with Crippen molar-refractivity contribution < 1.29 is 9.90 Å². The molecule has 0 aromatic heterocycles. The first-order valence-electron chi connectivity index (χ1n) is 7.85. The number of carbonyl (C=O) groups is 1. The number of allylic oxidation sites excluding steroid dienone is 4. The van der Waals surface area contributed by atoms with Crippen molar-refractivity contribution in [3.8, 4) is 5.75 Å². The van der Waals surface area contributed by atoms with Crippen LogP contribution < -0.4 is 0 Å². The normalized spacial score (nSPS) is 15.2. The van der Waals surface area contributed by atoms with Gasteiger partial charge in [0.2, 0.25) is 0 Å². The van der Waals surface area contributed by atoms with Crippen molar-refractivity contribution in [1.82, 2.24) is 0 Å². The zero-order valence-electron chi connectivity index (χ0n) is 14.8. The standard InChI is InChI=1S/C20H25NO2/c1-19(2,3)16-11-14(12-17(18(16)23)20(4,5)6)21-13-7-9-15(22)10-8-13/h7-12,23H,1-6H3. The van der Waals surface area contributed by atoms with Gasteiger partial charge in [-0.3, -0.25) is 4.79 Å². The summed E-state index contributed by atoms with van der Waals surface area (Å²) >= 11 is 0. The molecule has 0 saturated carbocycles. The molecule has 0 unspecified atom stereocenters. The molecule has 2 rings (SSSR count). The van der Waals surface area contributed by atoms with E-state index >= 15 is 0 Å². The highest BCUT2D eigenvalue weighted by molar-refractivity contribution is 6.17. The first-order chi connectivity index (χ1) is 10.5. The van der Waals surface area contributed by atoms with Crippen molar-refractivity contribution in [3.05, 3.63) is 47.6 Å². The summed E-state index contributed by atoms with van der Waals surface area (Å²) in [6, 6.07) is 3.85. The number of nitrogens with zero attached hydrogens (tertiary/aromatic N) is 1. The minimum absolute atomic E-state index is 0.0274. The van der Waals surface area contributed by atoms with Gasteiger partial charge in [-0.1, -0.05) is 41.5 Å². The van der Waals surface area contributed by atoms with Gasteiger partial charge in [0.1, 0.15) is 5.75 Å². The maximum atomic E-state index is 11.2. The molecule has 1 aromatic rings. The highest BCUT2D eigenvalue weighted by Gasteiger charge is 2.26. The summed E-state index contributed by atoms with van der Waals surface area (Å²) in [7, 11) is 0. The summed E-state index contributed by atoms with van der Waals surface area (Å²) in [4.78, 5) is 15.8. The largest absolute Gasteiger partial charge is 0.507 e. The summed E-state index contributed by atoms with van der Waals surface area (Å²) in [5.74, 6) is 0.319. The molecule has 3 heteroatoms. The summed E-state index contributed by atoms with van der Waals surface area (Å²) in [6.45, 7) is 12.4. The molecule has 0 spiro atoms. The van der Waals surface area contributed by atoms with Crippen LogP contribution in [0.4, 0.5) is 5.69 Å². The maximum absolute atomic E-state index is 11.2. The molecule has 1 N–H and O–H groups in total. The predicted octanol–water partition coefficient (Wildman–Crippen LogP) is 4.75. The van der Waals surface area contributed by atoms with E-state index in [1.807, 2.05) is 12.1 Å². The van der Waals surface area contributed by atoms with E-state index in [2.05, 4.69) is 46.5 Å². The van der Waals surface area contributed by atoms with Crippen LogP contribution in [0.1, 0.15) is 52.7 Å². The maximum Gasteiger partial charge on any atom is 0.178 e. The van der Waals surface area contributed by atoms with Gasteiger partial charge < -0.3 is 5.11 Å². The van der Waals surface area contributed by atoms with Crippen LogP contribution in [0, 0.1) is 0 Å². The Bertz CT molecular complexity index is 670. The second-order valence-electron chi connectivity index (χ2n) is 8.00. The molecule has 23 heavy (non-hydrogen) atoms. The van der Waals surface area contributed by atoms with Crippen LogP contribution in [0.2, 0.25) is 0 Å². The topological polar surface area (TPSA) is 49.7 Å². The van der Waals surface area contributed by atoms with Gasteiger partial charge in [-0.15, -0.1) is 0 Å². The minimum atomic E-state index is -0.186. The van der Waals surface area contributed by atoms with Gasteiger partial charge >= 0.3 is 0 Å². The molecular weight excluding hydrogens is 286 g/mol. The Morgan fingerprint density at radius 2 is 1.26 bits per heavy atom. The number of carbonyl (C=O) groups excluding carboxylic acids is 1. The quantitative estimate of drug-likeness (QED) is 0.760. The van der Waals surface area contributed by atoms with Gasteiger partial charge in [0.05, 0.1) is 11.4 Å². The highest BCUT2D eigenvalue weighted by Crippen LogP contribution is 2.41. The monoisotopic (exact) mass is 311 g/mol. The molecule has 122 valence electrons. The lowest BCUT2D eigenvalue weighted by Gasteiger charge is -2.27. The molecule has 3 nitrogen and oxygen atoms in total. The zero-order valence-corrected chi connectivity index (χ0v) is 14.8. The van der Waals surface area contributed by atoms with E-state index in [4.69, 9.17) is 0 Å². The average Bonchev–Trinajstić information content (AvgIpc) is 2.40. The third-order valence-corrected chi connectivity index (χ3v) is 3.81. The van der Waals surface area contributed by atoms with E-state index in [0.717, 1.165) is 22.5 Å². The molecule has 1 aromatic carbocycles. The fourth-order valence-electron chi connectivity index (χ4n) is 2.50. The van der Waals surface area contributed by atoms with E-state index in [9.17, 15) is 9.90 Å². The molecule has 0 amide bonds. The third kappa shape index (κ3) is 3.98. The molecule has 0 aliphatic heterocycles. The third-order valence-electron chi connectivity index (χ3n) is 3.81. The average molecular weight is 311 g/mol. The number of phenols is 1. The van der Waals surface area contributed by atoms with Gasteiger partial charge in [-0.2, -0.15) is 0 Å². The van der Waals surface area contributed by atoms with E-state index in [0.29, 0.717) is 5.75 Å². The van der Waals surface area contributed by atoms with Gasteiger partial charge in [-0.25, -0.2) is 4.99 Å². The lowest BCUT2D eigenvalue weighted by Crippen LogP contribution is -2.17. The number of rotatable bonds is 1. The number of hydrogen-bond acceptors (Lipinski definition) is 3. The Hall–Kier alpha value is -2.16. The van der Waals surface area contributed by atoms with Crippen molar-refractivity contribution >= 4 is 17.2 Å². The van der Waals surface area contributed by atoms with Crippen molar-refractivity contribution in [1.29, 1.82) is 0 Å². The van der Waals surface area contributed by atoms with Gasteiger partial charge in [0, 0.05) is 11.1 Å². The molecule has 0 bridgehead atoms.